The van der Waals surface area contributed by atoms with Gasteiger partial charge in [-0.25, -0.2) is 0 Å². The molecule has 2 heterocycles. The second-order valence-electron chi connectivity index (χ2n) is 6.02. The van der Waals surface area contributed by atoms with Gasteiger partial charge in [-0.05, 0) is 13.5 Å². The van der Waals surface area contributed by atoms with Crippen molar-refractivity contribution in [3.8, 4) is 0 Å². The highest BCUT2D eigenvalue weighted by Gasteiger charge is 2.34. The van der Waals surface area contributed by atoms with E-state index in [0.29, 0.717) is 13.1 Å². The van der Waals surface area contributed by atoms with Gasteiger partial charge >= 0.3 is 0 Å². The third-order valence-electron chi connectivity index (χ3n) is 4.16. The van der Waals surface area contributed by atoms with Gasteiger partial charge in [-0.1, -0.05) is 0 Å². The number of ether oxygens (including phenoxy) is 1. The minimum atomic E-state index is -0.642. The van der Waals surface area contributed by atoms with Crippen molar-refractivity contribution in [1.29, 1.82) is 0 Å². The molecular formula is C14H30IN5O2. The van der Waals surface area contributed by atoms with Crippen LogP contribution in [-0.2, 0) is 4.74 Å². The van der Waals surface area contributed by atoms with Crippen LogP contribution in [0.15, 0.2) is 4.99 Å². The molecule has 3 N–H and O–H groups in total. The maximum atomic E-state index is 10.4. The maximum Gasteiger partial charge on any atom is 0.191 e. The van der Waals surface area contributed by atoms with Crippen molar-refractivity contribution >= 4 is 29.9 Å². The Hall–Kier alpha value is -0.160. The third-order valence-corrected chi connectivity index (χ3v) is 4.16. The Morgan fingerprint density at radius 2 is 2.00 bits per heavy atom. The summed E-state index contributed by atoms with van der Waals surface area (Å²) in [6.45, 7) is 7.68. The molecule has 130 valence electrons. The fourth-order valence-electron chi connectivity index (χ4n) is 2.83. The number of halogens is 1. The first-order valence-corrected chi connectivity index (χ1v) is 7.77. The van der Waals surface area contributed by atoms with Crippen LogP contribution in [-0.4, -0.2) is 99.6 Å². The summed E-state index contributed by atoms with van der Waals surface area (Å²) in [5.41, 5.74) is -0.642. The molecule has 0 radical (unpaired) electrons. The van der Waals surface area contributed by atoms with Crippen LogP contribution < -0.4 is 10.6 Å². The Kier molecular flexibility index (Phi) is 8.91. The second kappa shape index (κ2) is 9.86. The van der Waals surface area contributed by atoms with E-state index in [0.717, 1.165) is 58.3 Å². The number of nitrogens with zero attached hydrogens (tertiary/aromatic N) is 3. The summed E-state index contributed by atoms with van der Waals surface area (Å²) in [5.74, 6) is 0.756. The topological polar surface area (TPSA) is 72.4 Å². The molecule has 8 heteroatoms. The van der Waals surface area contributed by atoms with Crippen LogP contribution in [0, 0.1) is 0 Å². The predicted molar refractivity (Wildman–Crippen MR) is 99.1 cm³/mol. The molecule has 7 nitrogen and oxygen atoms in total. The highest BCUT2D eigenvalue weighted by Crippen LogP contribution is 2.18. The van der Waals surface area contributed by atoms with E-state index in [1.807, 2.05) is 7.05 Å². The number of hydrogen-bond acceptors (Lipinski definition) is 5. The molecule has 0 aliphatic carbocycles. The summed E-state index contributed by atoms with van der Waals surface area (Å²) >= 11 is 0. The number of morpholine rings is 1. The van der Waals surface area contributed by atoms with E-state index < -0.39 is 5.60 Å². The Bertz CT molecular complexity index is 352. The molecule has 2 saturated heterocycles. The Morgan fingerprint density at radius 1 is 1.27 bits per heavy atom. The molecule has 22 heavy (non-hydrogen) atoms. The zero-order valence-corrected chi connectivity index (χ0v) is 16.0. The van der Waals surface area contributed by atoms with E-state index in [-0.39, 0.29) is 24.0 Å². The predicted octanol–water partition coefficient (Wildman–Crippen LogP) is -0.832. The normalized spacial score (nSPS) is 27.5. The van der Waals surface area contributed by atoms with Crippen LogP contribution in [0.4, 0.5) is 0 Å². The first-order chi connectivity index (χ1) is 10.1. The van der Waals surface area contributed by atoms with Crippen molar-refractivity contribution in [1.82, 2.24) is 20.4 Å². The molecule has 1 atom stereocenters. The minimum Gasteiger partial charge on any atom is -0.387 e. The molecule has 0 bridgehead atoms. The lowest BCUT2D eigenvalue weighted by Crippen LogP contribution is -2.49. The van der Waals surface area contributed by atoms with Crippen LogP contribution in [0.5, 0.6) is 0 Å². The van der Waals surface area contributed by atoms with Crippen molar-refractivity contribution < 1.29 is 9.84 Å². The summed E-state index contributed by atoms with van der Waals surface area (Å²) < 4.78 is 5.33. The number of aliphatic hydroxyl groups is 1. The summed E-state index contributed by atoms with van der Waals surface area (Å²) in [7, 11) is 3.79. The van der Waals surface area contributed by atoms with Crippen molar-refractivity contribution in [2.45, 2.75) is 12.0 Å². The van der Waals surface area contributed by atoms with E-state index in [9.17, 15) is 5.11 Å². The summed E-state index contributed by atoms with van der Waals surface area (Å²) in [6.07, 6.45) is 0.807. The molecule has 2 aliphatic heterocycles. The van der Waals surface area contributed by atoms with Gasteiger partial charge in [-0.15, -0.1) is 24.0 Å². The third kappa shape index (κ3) is 6.53. The average Bonchev–Trinajstić information content (AvgIpc) is 2.83. The first-order valence-electron chi connectivity index (χ1n) is 7.77. The molecular weight excluding hydrogens is 397 g/mol. The van der Waals surface area contributed by atoms with E-state index >= 15 is 0 Å². The zero-order chi connectivity index (χ0) is 15.1. The van der Waals surface area contributed by atoms with E-state index in [2.05, 4.69) is 25.4 Å². The number of guanidine groups is 1. The summed E-state index contributed by atoms with van der Waals surface area (Å²) in [6, 6.07) is 0. The Morgan fingerprint density at radius 3 is 2.59 bits per heavy atom. The number of nitrogens with one attached hydrogen (secondary N) is 2. The molecule has 2 rings (SSSR count). The van der Waals surface area contributed by atoms with Gasteiger partial charge in [0.15, 0.2) is 5.96 Å². The van der Waals surface area contributed by atoms with Crippen molar-refractivity contribution in [2.75, 3.05) is 73.1 Å². The summed E-state index contributed by atoms with van der Waals surface area (Å²) in [5, 5.41) is 17.0. The standard InChI is InChI=1S/C14H29N5O2.HI/c1-15-13(16-4-6-19-7-9-21-10-8-19)17-11-14(20)3-5-18(2)12-14;/h20H,3-12H2,1-2H3,(H2,15,16,17);1H. The van der Waals surface area contributed by atoms with Gasteiger partial charge in [0.05, 0.1) is 18.8 Å². The van der Waals surface area contributed by atoms with Gasteiger partial charge in [0.1, 0.15) is 0 Å². The van der Waals surface area contributed by atoms with E-state index in [1.165, 1.54) is 0 Å². The Labute approximate surface area is 150 Å². The SMILES string of the molecule is CN=C(NCCN1CCOCC1)NCC1(O)CCN(C)C1.I. The molecule has 0 saturated carbocycles. The van der Waals surface area contributed by atoms with Crippen LogP contribution in [0.2, 0.25) is 0 Å². The van der Waals surface area contributed by atoms with Crippen molar-refractivity contribution in [2.24, 2.45) is 4.99 Å². The number of rotatable bonds is 5. The van der Waals surface area contributed by atoms with E-state index in [1.54, 1.807) is 7.05 Å². The summed E-state index contributed by atoms with van der Waals surface area (Å²) in [4.78, 5) is 8.74. The number of aliphatic imine (C=N–C) groups is 1. The Balaban J connectivity index is 0.00000242. The maximum absolute atomic E-state index is 10.4. The lowest BCUT2D eigenvalue weighted by atomic mass is 10.0. The molecule has 0 amide bonds. The minimum absolute atomic E-state index is 0. The largest absolute Gasteiger partial charge is 0.387 e. The van der Waals surface area contributed by atoms with Crippen LogP contribution >= 0.6 is 24.0 Å². The molecule has 2 fully saturated rings. The quantitative estimate of drug-likeness (QED) is 0.302. The molecule has 2 aliphatic rings. The smallest absolute Gasteiger partial charge is 0.191 e. The second-order valence-corrected chi connectivity index (χ2v) is 6.02. The van der Waals surface area contributed by atoms with Gasteiger partial charge in [0.25, 0.3) is 0 Å². The number of β-amino-alcohol motifs (C(OH)–C–C–N with tert-alkyl or cyclic N) is 1. The fourth-order valence-corrected chi connectivity index (χ4v) is 2.83. The monoisotopic (exact) mass is 427 g/mol. The van der Waals surface area contributed by atoms with E-state index in [4.69, 9.17) is 4.74 Å². The highest BCUT2D eigenvalue weighted by atomic mass is 127. The van der Waals surface area contributed by atoms with Crippen molar-refractivity contribution in [3.05, 3.63) is 0 Å². The van der Waals surface area contributed by atoms with Gasteiger partial charge in [0, 0.05) is 52.9 Å². The molecule has 0 aromatic carbocycles. The average molecular weight is 427 g/mol. The van der Waals surface area contributed by atoms with Gasteiger partial charge in [-0.3, -0.25) is 9.89 Å². The highest BCUT2D eigenvalue weighted by molar-refractivity contribution is 14.0. The number of likely N-dealkylation sites (tertiary alicyclic amines) is 1. The lowest BCUT2D eigenvalue weighted by Gasteiger charge is -2.27. The van der Waals surface area contributed by atoms with Gasteiger partial charge in [0.2, 0.25) is 0 Å². The number of likely N-dealkylation sites (N-methyl/N-ethyl adjacent to an activating group) is 1. The molecule has 0 spiro atoms. The fraction of sp³-hybridized carbons (Fsp3) is 0.929. The van der Waals surface area contributed by atoms with Crippen LogP contribution in [0.3, 0.4) is 0 Å². The van der Waals surface area contributed by atoms with Crippen molar-refractivity contribution in [3.63, 3.8) is 0 Å². The zero-order valence-electron chi connectivity index (χ0n) is 13.7. The van der Waals surface area contributed by atoms with Crippen LogP contribution in [0.1, 0.15) is 6.42 Å². The molecule has 1 unspecified atom stereocenters. The number of hydrogen-bond donors (Lipinski definition) is 3. The molecule has 0 aromatic rings. The first kappa shape index (κ1) is 19.9. The van der Waals surface area contributed by atoms with Crippen LogP contribution in [0.25, 0.3) is 0 Å². The lowest BCUT2D eigenvalue weighted by molar-refractivity contribution is 0.0388. The van der Waals surface area contributed by atoms with Gasteiger partial charge in [-0.2, -0.15) is 0 Å². The van der Waals surface area contributed by atoms with Gasteiger partial charge < -0.3 is 25.4 Å². The molecule has 0 aromatic heterocycles.